The predicted molar refractivity (Wildman–Crippen MR) is 51.9 cm³/mol. The average Bonchev–Trinajstić information content (AvgIpc) is 2.18. The van der Waals surface area contributed by atoms with Crippen LogP contribution in [0.25, 0.3) is 0 Å². The largest absolute Gasteiger partial charge is 0.465 e. The molecule has 1 aromatic carbocycles. The molecule has 1 rings (SSSR count). The molecule has 0 saturated heterocycles. The maximum absolute atomic E-state index is 11.0. The highest BCUT2D eigenvalue weighted by Gasteiger charge is 2.03. The molecule has 0 radical (unpaired) electrons. The molecule has 0 aromatic heterocycles. The van der Waals surface area contributed by atoms with Crippen molar-refractivity contribution >= 4 is 11.7 Å². The molecule has 0 aliphatic rings. The van der Waals surface area contributed by atoms with Gasteiger partial charge in [-0.3, -0.25) is 0 Å². The van der Waals surface area contributed by atoms with E-state index in [0.29, 0.717) is 5.56 Å². The van der Waals surface area contributed by atoms with Crippen molar-refractivity contribution in [2.45, 2.75) is 6.92 Å². The molecule has 13 heavy (non-hydrogen) atoms. The van der Waals surface area contributed by atoms with Gasteiger partial charge in [0.15, 0.2) is 0 Å². The molecule has 0 amide bonds. The maximum Gasteiger partial charge on any atom is 0.337 e. The van der Waals surface area contributed by atoms with Gasteiger partial charge in [-0.2, -0.15) is 0 Å². The Morgan fingerprint density at radius 1 is 1.38 bits per heavy atom. The Morgan fingerprint density at radius 3 is 2.46 bits per heavy atom. The number of rotatable bonds is 3. The van der Waals surface area contributed by atoms with Gasteiger partial charge in [0.25, 0.3) is 0 Å². The number of benzene rings is 1. The highest BCUT2D eigenvalue weighted by Crippen LogP contribution is 2.09. The lowest BCUT2D eigenvalue weighted by molar-refractivity contribution is 0.0601. The lowest BCUT2D eigenvalue weighted by Crippen LogP contribution is -2.01. The first-order valence-corrected chi connectivity index (χ1v) is 4.20. The number of ether oxygens (including phenoxy) is 1. The van der Waals surface area contributed by atoms with Gasteiger partial charge in [0.2, 0.25) is 0 Å². The van der Waals surface area contributed by atoms with Crippen LogP contribution >= 0.6 is 0 Å². The fourth-order valence-corrected chi connectivity index (χ4v) is 1.05. The summed E-state index contributed by atoms with van der Waals surface area (Å²) in [7, 11) is 1.38. The van der Waals surface area contributed by atoms with Crippen LogP contribution in [0.5, 0.6) is 0 Å². The van der Waals surface area contributed by atoms with Crippen LogP contribution in [-0.4, -0.2) is 19.6 Å². The molecule has 3 nitrogen and oxygen atoms in total. The maximum atomic E-state index is 11.0. The minimum atomic E-state index is -0.303. The van der Waals surface area contributed by atoms with Gasteiger partial charge >= 0.3 is 5.97 Å². The monoisotopic (exact) mass is 179 g/mol. The first-order chi connectivity index (χ1) is 6.27. The smallest absolute Gasteiger partial charge is 0.337 e. The van der Waals surface area contributed by atoms with E-state index in [0.717, 1.165) is 12.2 Å². The van der Waals surface area contributed by atoms with Crippen molar-refractivity contribution < 1.29 is 9.53 Å². The second-order valence-electron chi connectivity index (χ2n) is 2.60. The SMILES string of the molecule is CCNc1ccc(C(=O)OC)cc1. The van der Waals surface area contributed by atoms with Crippen LogP contribution in [-0.2, 0) is 4.74 Å². The van der Waals surface area contributed by atoms with Gasteiger partial charge < -0.3 is 10.1 Å². The van der Waals surface area contributed by atoms with Crippen molar-refractivity contribution in [3.8, 4) is 0 Å². The zero-order valence-electron chi connectivity index (χ0n) is 7.83. The van der Waals surface area contributed by atoms with Gasteiger partial charge in [-0.15, -0.1) is 0 Å². The fraction of sp³-hybridized carbons (Fsp3) is 0.300. The van der Waals surface area contributed by atoms with E-state index in [1.54, 1.807) is 12.1 Å². The molecule has 0 spiro atoms. The molecule has 0 unspecified atom stereocenters. The predicted octanol–water partition coefficient (Wildman–Crippen LogP) is 1.90. The molecule has 0 saturated carbocycles. The molecule has 70 valence electrons. The molecule has 3 heteroatoms. The first-order valence-electron chi connectivity index (χ1n) is 4.20. The van der Waals surface area contributed by atoms with E-state index in [2.05, 4.69) is 10.1 Å². The van der Waals surface area contributed by atoms with E-state index in [4.69, 9.17) is 0 Å². The molecule has 0 aliphatic carbocycles. The third kappa shape index (κ3) is 2.47. The number of hydrogen-bond acceptors (Lipinski definition) is 3. The van der Waals surface area contributed by atoms with Gasteiger partial charge in [-0.05, 0) is 31.2 Å². The van der Waals surface area contributed by atoms with E-state index in [1.807, 2.05) is 19.1 Å². The average molecular weight is 179 g/mol. The summed E-state index contributed by atoms with van der Waals surface area (Å²) in [6.45, 7) is 2.89. The Labute approximate surface area is 77.7 Å². The lowest BCUT2D eigenvalue weighted by Gasteiger charge is -2.03. The van der Waals surface area contributed by atoms with Gasteiger partial charge in [-0.25, -0.2) is 4.79 Å². The number of carbonyl (C=O) groups is 1. The van der Waals surface area contributed by atoms with Gasteiger partial charge in [-0.1, -0.05) is 0 Å². The highest BCUT2D eigenvalue weighted by atomic mass is 16.5. The van der Waals surface area contributed by atoms with Crippen LogP contribution in [0.1, 0.15) is 17.3 Å². The number of anilines is 1. The van der Waals surface area contributed by atoms with Crippen molar-refractivity contribution in [3.05, 3.63) is 29.8 Å². The zero-order valence-corrected chi connectivity index (χ0v) is 7.83. The molecule has 0 fully saturated rings. The number of carbonyl (C=O) groups excluding carboxylic acids is 1. The number of nitrogens with one attached hydrogen (secondary N) is 1. The number of esters is 1. The molecule has 0 heterocycles. The summed E-state index contributed by atoms with van der Waals surface area (Å²) in [6.07, 6.45) is 0. The fourth-order valence-electron chi connectivity index (χ4n) is 1.05. The summed E-state index contributed by atoms with van der Waals surface area (Å²) >= 11 is 0. The van der Waals surface area contributed by atoms with Crippen LogP contribution < -0.4 is 5.32 Å². The van der Waals surface area contributed by atoms with Crippen LogP contribution in [0.4, 0.5) is 5.69 Å². The molecular weight excluding hydrogens is 166 g/mol. The summed E-state index contributed by atoms with van der Waals surface area (Å²) in [5.74, 6) is -0.303. The van der Waals surface area contributed by atoms with Gasteiger partial charge in [0, 0.05) is 12.2 Å². The Balaban J connectivity index is 2.75. The van der Waals surface area contributed by atoms with E-state index in [9.17, 15) is 4.79 Å². The molecule has 1 N–H and O–H groups in total. The van der Waals surface area contributed by atoms with E-state index in [1.165, 1.54) is 7.11 Å². The van der Waals surface area contributed by atoms with E-state index in [-0.39, 0.29) is 5.97 Å². The van der Waals surface area contributed by atoms with Crippen LogP contribution in [0.3, 0.4) is 0 Å². The highest BCUT2D eigenvalue weighted by molar-refractivity contribution is 5.89. The topological polar surface area (TPSA) is 38.3 Å². The second kappa shape index (κ2) is 4.50. The first kappa shape index (κ1) is 9.58. The van der Waals surface area contributed by atoms with Crippen LogP contribution in [0.2, 0.25) is 0 Å². The van der Waals surface area contributed by atoms with Gasteiger partial charge in [0.1, 0.15) is 0 Å². The summed E-state index contributed by atoms with van der Waals surface area (Å²) in [6, 6.07) is 7.19. The standard InChI is InChI=1S/C10H13NO2/c1-3-11-9-6-4-8(5-7-9)10(12)13-2/h4-7,11H,3H2,1-2H3. The third-order valence-corrected chi connectivity index (χ3v) is 1.69. The summed E-state index contributed by atoms with van der Waals surface area (Å²) < 4.78 is 4.58. The Hall–Kier alpha value is -1.51. The van der Waals surface area contributed by atoms with Crippen molar-refractivity contribution in [3.63, 3.8) is 0 Å². The van der Waals surface area contributed by atoms with Crippen LogP contribution in [0.15, 0.2) is 24.3 Å². The Morgan fingerprint density at radius 2 is 2.00 bits per heavy atom. The molecule has 0 aliphatic heterocycles. The zero-order chi connectivity index (χ0) is 9.68. The summed E-state index contributed by atoms with van der Waals surface area (Å²) in [5.41, 5.74) is 1.58. The molecular formula is C10H13NO2. The minimum absolute atomic E-state index is 0.303. The van der Waals surface area contributed by atoms with Gasteiger partial charge in [0.05, 0.1) is 12.7 Å². The van der Waals surface area contributed by atoms with Crippen molar-refractivity contribution in [2.75, 3.05) is 19.0 Å². The van der Waals surface area contributed by atoms with E-state index >= 15 is 0 Å². The third-order valence-electron chi connectivity index (χ3n) is 1.69. The number of hydrogen-bond donors (Lipinski definition) is 1. The normalized spacial score (nSPS) is 9.38. The van der Waals surface area contributed by atoms with Crippen molar-refractivity contribution in [1.29, 1.82) is 0 Å². The lowest BCUT2D eigenvalue weighted by atomic mass is 10.2. The van der Waals surface area contributed by atoms with Crippen molar-refractivity contribution in [2.24, 2.45) is 0 Å². The second-order valence-corrected chi connectivity index (χ2v) is 2.60. The quantitative estimate of drug-likeness (QED) is 0.720. The number of methoxy groups -OCH3 is 1. The molecule has 0 atom stereocenters. The Bertz CT molecular complexity index is 279. The Kier molecular flexibility index (Phi) is 3.31. The summed E-state index contributed by atoms with van der Waals surface area (Å²) in [5, 5.41) is 3.14. The van der Waals surface area contributed by atoms with E-state index < -0.39 is 0 Å². The minimum Gasteiger partial charge on any atom is -0.465 e. The molecule has 1 aromatic rings. The van der Waals surface area contributed by atoms with Crippen molar-refractivity contribution in [1.82, 2.24) is 0 Å². The van der Waals surface area contributed by atoms with Crippen LogP contribution in [0, 0.1) is 0 Å². The summed E-state index contributed by atoms with van der Waals surface area (Å²) in [4.78, 5) is 11.0. The molecule has 0 bridgehead atoms.